The Balaban J connectivity index is 1.42. The molecule has 1 heterocycles. The number of hydrogen-bond donors (Lipinski definition) is 2. The summed E-state index contributed by atoms with van der Waals surface area (Å²) in [5.41, 5.74) is 4.74. The molecule has 3 aromatic carbocycles. The van der Waals surface area contributed by atoms with Crippen molar-refractivity contribution in [3.05, 3.63) is 101 Å². The first kappa shape index (κ1) is 20.9. The Morgan fingerprint density at radius 2 is 1.55 bits per heavy atom. The number of ketones is 1. The van der Waals surface area contributed by atoms with E-state index in [0.717, 1.165) is 22.5 Å². The van der Waals surface area contributed by atoms with E-state index in [1.807, 2.05) is 31.2 Å². The molecule has 4 rings (SSSR count). The lowest BCUT2D eigenvalue weighted by Gasteiger charge is -2.10. The van der Waals surface area contributed by atoms with Gasteiger partial charge in [0.2, 0.25) is 0 Å². The fourth-order valence-corrected chi connectivity index (χ4v) is 4.60. The molecule has 0 unspecified atom stereocenters. The van der Waals surface area contributed by atoms with Crippen molar-refractivity contribution in [1.29, 1.82) is 0 Å². The second kappa shape index (κ2) is 9.23. The molecule has 4 aromatic rings. The second-order valence-corrected chi connectivity index (χ2v) is 8.57. The van der Waals surface area contributed by atoms with Crippen molar-refractivity contribution in [3.8, 4) is 0 Å². The number of rotatable bonds is 7. The summed E-state index contributed by atoms with van der Waals surface area (Å²) in [6.07, 6.45) is 0. The van der Waals surface area contributed by atoms with Crippen molar-refractivity contribution in [3.63, 3.8) is 0 Å². The number of amides is 1. The fourth-order valence-electron chi connectivity index (χ4n) is 3.59. The number of carbonyl (C=O) groups is 2. The van der Waals surface area contributed by atoms with E-state index in [0.29, 0.717) is 23.2 Å². The molecular weight excluding hydrogens is 404 g/mol. The molecule has 5 heteroatoms. The van der Waals surface area contributed by atoms with Crippen LogP contribution in [-0.2, 0) is 0 Å². The van der Waals surface area contributed by atoms with E-state index < -0.39 is 0 Å². The molecule has 2 N–H and O–H groups in total. The third-order valence-electron chi connectivity index (χ3n) is 5.20. The molecule has 0 radical (unpaired) electrons. The van der Waals surface area contributed by atoms with Crippen LogP contribution in [0.15, 0.2) is 77.7 Å². The molecule has 31 heavy (non-hydrogen) atoms. The summed E-state index contributed by atoms with van der Waals surface area (Å²) in [7, 11) is 0. The van der Waals surface area contributed by atoms with Crippen molar-refractivity contribution >= 4 is 34.4 Å². The zero-order valence-electron chi connectivity index (χ0n) is 17.6. The van der Waals surface area contributed by atoms with Crippen LogP contribution in [0.2, 0.25) is 0 Å². The molecule has 0 saturated carbocycles. The Hall–Kier alpha value is -3.31. The van der Waals surface area contributed by atoms with Crippen LogP contribution in [0, 0.1) is 13.8 Å². The van der Waals surface area contributed by atoms with Crippen molar-refractivity contribution in [2.45, 2.75) is 18.7 Å². The minimum absolute atomic E-state index is 0.144. The minimum atomic E-state index is -0.229. The molecule has 0 atom stereocenters. The summed E-state index contributed by atoms with van der Waals surface area (Å²) in [5.74, 6) is 0.365. The second-order valence-electron chi connectivity index (χ2n) is 7.47. The van der Waals surface area contributed by atoms with Gasteiger partial charge in [0.1, 0.15) is 0 Å². The van der Waals surface area contributed by atoms with Gasteiger partial charge < -0.3 is 10.3 Å². The Morgan fingerprint density at radius 1 is 0.871 bits per heavy atom. The van der Waals surface area contributed by atoms with E-state index in [1.165, 1.54) is 10.3 Å². The van der Waals surface area contributed by atoms with Gasteiger partial charge in [-0.2, -0.15) is 0 Å². The van der Waals surface area contributed by atoms with Gasteiger partial charge in [0, 0.05) is 44.9 Å². The van der Waals surface area contributed by atoms with Crippen LogP contribution in [0.4, 0.5) is 0 Å². The number of benzene rings is 3. The van der Waals surface area contributed by atoms with E-state index in [4.69, 9.17) is 0 Å². The Kier molecular flexibility index (Phi) is 6.23. The smallest absolute Gasteiger partial charge is 0.252 e. The molecule has 0 fully saturated rings. The summed E-state index contributed by atoms with van der Waals surface area (Å²) in [6, 6.07) is 22.6. The summed E-state index contributed by atoms with van der Waals surface area (Å²) < 4.78 is 0. The van der Waals surface area contributed by atoms with Crippen LogP contribution < -0.4 is 5.32 Å². The Morgan fingerprint density at radius 3 is 2.32 bits per heavy atom. The number of carbonyl (C=O) groups excluding carboxylic acids is 2. The number of H-pyrrole nitrogens is 1. The molecule has 0 bridgehead atoms. The van der Waals surface area contributed by atoms with Gasteiger partial charge in [-0.05, 0) is 26.0 Å². The van der Waals surface area contributed by atoms with E-state index in [-0.39, 0.29) is 11.7 Å². The predicted octanol–water partition coefficient (Wildman–Crippen LogP) is 5.54. The molecule has 0 aliphatic heterocycles. The minimum Gasteiger partial charge on any atom is -0.358 e. The highest BCUT2D eigenvalue weighted by Crippen LogP contribution is 2.30. The third-order valence-corrected chi connectivity index (χ3v) is 6.42. The first-order chi connectivity index (χ1) is 15.0. The number of aromatic amines is 1. The Labute approximate surface area is 186 Å². The van der Waals surface area contributed by atoms with E-state index in [1.54, 1.807) is 48.2 Å². The average Bonchev–Trinajstić information content (AvgIpc) is 3.11. The summed E-state index contributed by atoms with van der Waals surface area (Å²) >= 11 is 1.72. The van der Waals surface area contributed by atoms with Gasteiger partial charge in [-0.15, -0.1) is 11.8 Å². The van der Waals surface area contributed by atoms with Crippen LogP contribution >= 0.6 is 11.8 Å². The SMILES string of the molecule is Cc1ccc(C(=O)c2ccccc2C(=O)NCCSc2c(C)[nH]c3ccccc23)cc1. The zero-order valence-corrected chi connectivity index (χ0v) is 18.4. The number of hydrogen-bond acceptors (Lipinski definition) is 3. The maximum absolute atomic E-state index is 12.9. The van der Waals surface area contributed by atoms with Crippen LogP contribution in [0.5, 0.6) is 0 Å². The summed E-state index contributed by atoms with van der Waals surface area (Å²) in [4.78, 5) is 30.4. The summed E-state index contributed by atoms with van der Waals surface area (Å²) in [5, 5.41) is 4.16. The monoisotopic (exact) mass is 428 g/mol. The number of aromatic nitrogens is 1. The first-order valence-corrected chi connectivity index (χ1v) is 11.2. The number of nitrogens with one attached hydrogen (secondary N) is 2. The number of thioether (sulfide) groups is 1. The van der Waals surface area contributed by atoms with Crippen molar-refractivity contribution in [2.75, 3.05) is 12.3 Å². The van der Waals surface area contributed by atoms with E-state index >= 15 is 0 Å². The maximum Gasteiger partial charge on any atom is 0.252 e. The molecule has 4 nitrogen and oxygen atoms in total. The standard InChI is InChI=1S/C26H24N2O2S/c1-17-11-13-19(14-12-17)24(29)20-7-3-4-8-21(20)26(30)27-15-16-31-25-18(2)28-23-10-6-5-9-22(23)25/h3-14,28H,15-16H2,1-2H3,(H,27,30). The predicted molar refractivity (Wildman–Crippen MR) is 127 cm³/mol. The zero-order chi connectivity index (χ0) is 21.8. The lowest BCUT2D eigenvalue weighted by atomic mass is 9.97. The molecule has 1 amide bonds. The van der Waals surface area contributed by atoms with Gasteiger partial charge in [0.25, 0.3) is 5.91 Å². The average molecular weight is 429 g/mol. The lowest BCUT2D eigenvalue weighted by Crippen LogP contribution is -2.27. The summed E-state index contributed by atoms with van der Waals surface area (Å²) in [6.45, 7) is 4.55. The van der Waals surface area contributed by atoms with Crippen molar-refractivity contribution < 1.29 is 9.59 Å². The van der Waals surface area contributed by atoms with Crippen LogP contribution in [0.3, 0.4) is 0 Å². The third kappa shape index (κ3) is 4.57. The maximum atomic E-state index is 12.9. The molecular formula is C26H24N2O2S. The normalized spacial score (nSPS) is 10.9. The van der Waals surface area contributed by atoms with Gasteiger partial charge in [0.05, 0.1) is 5.56 Å². The van der Waals surface area contributed by atoms with Crippen LogP contribution in [0.1, 0.15) is 37.5 Å². The highest BCUT2D eigenvalue weighted by Gasteiger charge is 2.18. The van der Waals surface area contributed by atoms with Gasteiger partial charge >= 0.3 is 0 Å². The van der Waals surface area contributed by atoms with E-state index in [9.17, 15) is 9.59 Å². The number of aryl methyl sites for hydroxylation is 2. The van der Waals surface area contributed by atoms with Gasteiger partial charge in [-0.25, -0.2) is 0 Å². The quantitative estimate of drug-likeness (QED) is 0.231. The largest absolute Gasteiger partial charge is 0.358 e. The van der Waals surface area contributed by atoms with Gasteiger partial charge in [-0.1, -0.05) is 66.2 Å². The molecule has 0 spiro atoms. The van der Waals surface area contributed by atoms with Crippen molar-refractivity contribution in [2.24, 2.45) is 0 Å². The first-order valence-electron chi connectivity index (χ1n) is 10.2. The highest BCUT2D eigenvalue weighted by atomic mass is 32.2. The topological polar surface area (TPSA) is 62.0 Å². The van der Waals surface area contributed by atoms with E-state index in [2.05, 4.69) is 29.4 Å². The number of fused-ring (bicyclic) bond motifs is 1. The lowest BCUT2D eigenvalue weighted by molar-refractivity contribution is 0.0944. The van der Waals surface area contributed by atoms with Crippen LogP contribution in [-0.4, -0.2) is 29.0 Å². The molecule has 156 valence electrons. The molecule has 1 aromatic heterocycles. The van der Waals surface area contributed by atoms with Gasteiger partial charge in [-0.3, -0.25) is 9.59 Å². The van der Waals surface area contributed by atoms with Crippen LogP contribution in [0.25, 0.3) is 10.9 Å². The number of para-hydroxylation sites is 1. The fraction of sp³-hybridized carbons (Fsp3) is 0.154. The van der Waals surface area contributed by atoms with Crippen molar-refractivity contribution in [1.82, 2.24) is 10.3 Å². The Bertz CT molecular complexity index is 1240. The van der Waals surface area contributed by atoms with Gasteiger partial charge in [0.15, 0.2) is 5.78 Å². The highest BCUT2D eigenvalue weighted by molar-refractivity contribution is 7.99. The molecule has 0 aliphatic carbocycles. The molecule has 0 aliphatic rings. The molecule has 0 saturated heterocycles.